The number of anilines is 2. The first-order valence-electron chi connectivity index (χ1n) is 9.33. The number of allylic oxidation sites excluding steroid dienone is 2. The van der Waals surface area contributed by atoms with Crippen molar-refractivity contribution in [3.8, 4) is 0 Å². The van der Waals surface area contributed by atoms with Gasteiger partial charge in [-0.2, -0.15) is 0 Å². The molecule has 1 aliphatic carbocycles. The van der Waals surface area contributed by atoms with Gasteiger partial charge in [0.25, 0.3) is 5.91 Å². The molecule has 0 radical (unpaired) electrons. The Hall–Kier alpha value is -3.10. The Labute approximate surface area is 170 Å². The first-order valence-corrected chi connectivity index (χ1v) is 9.71. The van der Waals surface area contributed by atoms with Crippen molar-refractivity contribution in [3.63, 3.8) is 0 Å². The number of fused-ring (bicyclic) bond motifs is 1. The SMILES string of the molecule is O=C(/C=C/C1=C(Cl)c2ccccc2CC1)N(c1ccccc1)c1ccccc1. The van der Waals surface area contributed by atoms with Gasteiger partial charge in [0.1, 0.15) is 0 Å². The van der Waals surface area contributed by atoms with E-state index in [4.69, 9.17) is 11.6 Å². The number of hydrogen-bond acceptors (Lipinski definition) is 1. The molecule has 1 amide bonds. The molecule has 0 saturated heterocycles. The van der Waals surface area contributed by atoms with Crippen molar-refractivity contribution in [1.29, 1.82) is 0 Å². The van der Waals surface area contributed by atoms with Crippen LogP contribution in [0.3, 0.4) is 0 Å². The van der Waals surface area contributed by atoms with Crippen molar-refractivity contribution in [2.45, 2.75) is 12.8 Å². The lowest BCUT2D eigenvalue weighted by atomic mass is 9.92. The molecule has 1 aliphatic rings. The fourth-order valence-electron chi connectivity index (χ4n) is 3.47. The second-order valence-electron chi connectivity index (χ2n) is 6.67. The predicted octanol–water partition coefficient (Wildman–Crippen LogP) is 6.50. The third-order valence-electron chi connectivity index (χ3n) is 4.88. The largest absolute Gasteiger partial charge is 0.278 e. The number of carbonyl (C=O) groups is 1. The summed E-state index contributed by atoms with van der Waals surface area (Å²) in [5.74, 6) is -0.103. The summed E-state index contributed by atoms with van der Waals surface area (Å²) in [5, 5.41) is 0.733. The van der Waals surface area contributed by atoms with Crippen LogP contribution in [0.2, 0.25) is 0 Å². The van der Waals surface area contributed by atoms with E-state index in [0.717, 1.165) is 40.4 Å². The van der Waals surface area contributed by atoms with Gasteiger partial charge in [-0.15, -0.1) is 0 Å². The monoisotopic (exact) mass is 385 g/mol. The average molecular weight is 386 g/mol. The number of carbonyl (C=O) groups excluding carboxylic acids is 1. The molecule has 0 bridgehead atoms. The maximum Gasteiger partial charge on any atom is 0.255 e. The summed E-state index contributed by atoms with van der Waals surface area (Å²) in [7, 11) is 0. The van der Waals surface area contributed by atoms with Crippen LogP contribution in [0, 0.1) is 0 Å². The molecule has 0 fully saturated rings. The standard InChI is InChI=1S/C25H20ClNO/c26-25-20(16-15-19-9-7-8-14-23(19)25)17-18-24(28)27(21-10-3-1-4-11-21)22-12-5-2-6-13-22/h1-14,17-18H,15-16H2/b18-17+. The van der Waals surface area contributed by atoms with Crippen LogP contribution in [0.5, 0.6) is 0 Å². The third-order valence-corrected chi connectivity index (χ3v) is 5.32. The summed E-state index contributed by atoms with van der Waals surface area (Å²) < 4.78 is 0. The number of aryl methyl sites for hydroxylation is 1. The van der Waals surface area contributed by atoms with Crippen LogP contribution in [0.15, 0.2) is 103 Å². The zero-order valence-corrected chi connectivity index (χ0v) is 16.1. The topological polar surface area (TPSA) is 20.3 Å². The molecule has 0 aromatic heterocycles. The molecule has 0 heterocycles. The lowest BCUT2D eigenvalue weighted by Gasteiger charge is -2.22. The maximum atomic E-state index is 13.1. The highest BCUT2D eigenvalue weighted by molar-refractivity contribution is 6.49. The molecule has 0 unspecified atom stereocenters. The van der Waals surface area contributed by atoms with Crippen molar-refractivity contribution in [1.82, 2.24) is 0 Å². The predicted molar refractivity (Wildman–Crippen MR) is 117 cm³/mol. The molecule has 3 aromatic carbocycles. The minimum absolute atomic E-state index is 0.103. The first kappa shape index (κ1) is 18.3. The molecule has 2 nitrogen and oxygen atoms in total. The van der Waals surface area contributed by atoms with Gasteiger partial charge in [-0.05, 0) is 53.8 Å². The zero-order chi connectivity index (χ0) is 19.3. The number of nitrogens with zero attached hydrogens (tertiary/aromatic N) is 1. The van der Waals surface area contributed by atoms with Crippen molar-refractivity contribution < 1.29 is 4.79 Å². The summed E-state index contributed by atoms with van der Waals surface area (Å²) in [4.78, 5) is 14.8. The van der Waals surface area contributed by atoms with Gasteiger partial charge in [0.05, 0.1) is 5.03 Å². The summed E-state index contributed by atoms with van der Waals surface area (Å²) in [5.41, 5.74) is 4.97. The summed E-state index contributed by atoms with van der Waals surface area (Å²) in [6.07, 6.45) is 5.24. The fraction of sp³-hybridized carbons (Fsp3) is 0.0800. The Bertz CT molecular complexity index is 999. The van der Waals surface area contributed by atoms with Gasteiger partial charge in [0.15, 0.2) is 0 Å². The number of halogens is 1. The second-order valence-corrected chi connectivity index (χ2v) is 7.05. The summed E-state index contributed by atoms with van der Waals surface area (Å²) in [6, 6.07) is 27.5. The Morgan fingerprint density at radius 3 is 2.00 bits per heavy atom. The minimum atomic E-state index is -0.103. The van der Waals surface area contributed by atoms with E-state index in [1.807, 2.05) is 84.9 Å². The summed E-state index contributed by atoms with van der Waals surface area (Å²) >= 11 is 6.61. The molecule has 0 spiro atoms. The molecule has 28 heavy (non-hydrogen) atoms. The molecule has 3 aromatic rings. The quantitative estimate of drug-likeness (QED) is 0.469. The Kier molecular flexibility index (Phi) is 5.41. The zero-order valence-electron chi connectivity index (χ0n) is 15.4. The minimum Gasteiger partial charge on any atom is -0.278 e. The van der Waals surface area contributed by atoms with E-state index in [1.54, 1.807) is 11.0 Å². The number of amides is 1. The highest BCUT2D eigenvalue weighted by atomic mass is 35.5. The van der Waals surface area contributed by atoms with Crippen molar-refractivity contribution in [2.24, 2.45) is 0 Å². The lowest BCUT2D eigenvalue weighted by molar-refractivity contribution is -0.113. The smallest absolute Gasteiger partial charge is 0.255 e. The van der Waals surface area contributed by atoms with Crippen LogP contribution < -0.4 is 4.90 Å². The van der Waals surface area contributed by atoms with E-state index in [9.17, 15) is 4.79 Å². The molecule has 4 rings (SSSR count). The van der Waals surface area contributed by atoms with Gasteiger partial charge in [0.2, 0.25) is 0 Å². The van der Waals surface area contributed by atoms with Crippen LogP contribution in [-0.2, 0) is 11.2 Å². The van der Waals surface area contributed by atoms with E-state index in [0.29, 0.717) is 0 Å². The van der Waals surface area contributed by atoms with Gasteiger partial charge >= 0.3 is 0 Å². The van der Waals surface area contributed by atoms with Gasteiger partial charge in [0, 0.05) is 17.5 Å². The van der Waals surface area contributed by atoms with Gasteiger partial charge in [-0.1, -0.05) is 78.3 Å². The highest BCUT2D eigenvalue weighted by Crippen LogP contribution is 2.34. The Balaban J connectivity index is 1.65. The number of rotatable bonds is 4. The van der Waals surface area contributed by atoms with Crippen LogP contribution in [0.25, 0.3) is 5.03 Å². The molecule has 0 aliphatic heterocycles. The maximum absolute atomic E-state index is 13.1. The second kappa shape index (κ2) is 8.28. The molecular formula is C25H20ClNO. The Morgan fingerprint density at radius 2 is 1.36 bits per heavy atom. The molecular weight excluding hydrogens is 366 g/mol. The van der Waals surface area contributed by atoms with Crippen molar-refractivity contribution in [2.75, 3.05) is 4.90 Å². The first-order chi connectivity index (χ1) is 13.7. The molecule has 138 valence electrons. The average Bonchev–Trinajstić information content (AvgIpc) is 2.75. The number of para-hydroxylation sites is 2. The highest BCUT2D eigenvalue weighted by Gasteiger charge is 2.18. The Morgan fingerprint density at radius 1 is 0.786 bits per heavy atom. The number of benzene rings is 3. The van der Waals surface area contributed by atoms with E-state index in [1.165, 1.54) is 5.56 Å². The van der Waals surface area contributed by atoms with Crippen LogP contribution in [0.1, 0.15) is 17.5 Å². The van der Waals surface area contributed by atoms with E-state index < -0.39 is 0 Å². The van der Waals surface area contributed by atoms with E-state index in [2.05, 4.69) is 6.07 Å². The fourth-order valence-corrected chi connectivity index (χ4v) is 3.81. The molecule has 3 heteroatoms. The number of hydrogen-bond donors (Lipinski definition) is 0. The van der Waals surface area contributed by atoms with Crippen LogP contribution >= 0.6 is 11.6 Å². The van der Waals surface area contributed by atoms with Crippen molar-refractivity contribution in [3.05, 3.63) is 114 Å². The van der Waals surface area contributed by atoms with Crippen LogP contribution in [0.4, 0.5) is 11.4 Å². The van der Waals surface area contributed by atoms with E-state index in [-0.39, 0.29) is 5.91 Å². The van der Waals surface area contributed by atoms with Crippen molar-refractivity contribution >= 4 is 33.9 Å². The molecule has 0 saturated carbocycles. The normalized spacial score (nSPS) is 13.5. The van der Waals surface area contributed by atoms with Crippen LogP contribution in [-0.4, -0.2) is 5.91 Å². The van der Waals surface area contributed by atoms with Gasteiger partial charge in [-0.25, -0.2) is 0 Å². The van der Waals surface area contributed by atoms with Gasteiger partial charge in [-0.3, -0.25) is 9.69 Å². The molecule has 0 atom stereocenters. The van der Waals surface area contributed by atoms with Gasteiger partial charge < -0.3 is 0 Å². The van der Waals surface area contributed by atoms with E-state index >= 15 is 0 Å². The molecule has 0 N–H and O–H groups in total. The third kappa shape index (κ3) is 3.78. The summed E-state index contributed by atoms with van der Waals surface area (Å²) in [6.45, 7) is 0. The lowest BCUT2D eigenvalue weighted by Crippen LogP contribution is -2.23.